The molecule has 0 radical (unpaired) electrons. The topological polar surface area (TPSA) is 79.4 Å². The number of hydrogen-bond acceptors (Lipinski definition) is 5. The van der Waals surface area contributed by atoms with Crippen LogP contribution in [0.1, 0.15) is 10.4 Å². The van der Waals surface area contributed by atoms with Crippen molar-refractivity contribution in [3.8, 4) is 0 Å². The van der Waals surface area contributed by atoms with Crippen LogP contribution in [0.4, 0.5) is 9.52 Å². The summed E-state index contributed by atoms with van der Waals surface area (Å²) in [5.74, 6) is -0.864. The number of carbonyl (C=O) groups is 1. The van der Waals surface area contributed by atoms with Crippen molar-refractivity contribution in [3.05, 3.63) is 79.2 Å². The molecular formula is C20H18FN3O3S2. The highest BCUT2D eigenvalue weighted by molar-refractivity contribution is 7.89. The molecule has 0 fully saturated rings. The quantitative estimate of drug-likeness (QED) is 0.546. The summed E-state index contributed by atoms with van der Waals surface area (Å²) in [6.07, 6.45) is 3.02. The van der Waals surface area contributed by atoms with Crippen molar-refractivity contribution in [2.75, 3.05) is 18.4 Å². The third-order valence-corrected chi connectivity index (χ3v) is 6.75. The van der Waals surface area contributed by atoms with E-state index in [-0.39, 0.29) is 18.0 Å². The molecule has 0 saturated carbocycles. The molecule has 2 aromatic carbocycles. The van der Waals surface area contributed by atoms with Gasteiger partial charge in [0.1, 0.15) is 5.82 Å². The van der Waals surface area contributed by atoms with Crippen molar-refractivity contribution < 1.29 is 17.6 Å². The summed E-state index contributed by atoms with van der Waals surface area (Å²) in [7, 11) is -3.73. The summed E-state index contributed by atoms with van der Waals surface area (Å²) < 4.78 is 40.6. The molecule has 0 bridgehead atoms. The van der Waals surface area contributed by atoms with Crippen LogP contribution in [-0.4, -0.2) is 36.7 Å². The van der Waals surface area contributed by atoms with Crippen molar-refractivity contribution >= 4 is 42.6 Å². The smallest absolute Gasteiger partial charge is 0.257 e. The van der Waals surface area contributed by atoms with Crippen LogP contribution in [0.3, 0.4) is 0 Å². The van der Waals surface area contributed by atoms with Gasteiger partial charge in [0.15, 0.2) is 5.13 Å². The molecule has 150 valence electrons. The van der Waals surface area contributed by atoms with E-state index in [1.54, 1.807) is 6.07 Å². The molecule has 0 aliphatic heterocycles. The zero-order chi connectivity index (χ0) is 21.0. The van der Waals surface area contributed by atoms with Gasteiger partial charge in [-0.25, -0.2) is 17.8 Å². The maximum atomic E-state index is 13.0. The standard InChI is InChI=1S/C20H18FN3O3S2/c1-3-11-24(12-4-2)29(26,27)16-9-10-17-18(13-16)28-20(22-17)23-19(25)14-5-7-15(21)8-6-14/h3-10,13H,1-2,11-12H2,(H,22,23,25). The van der Waals surface area contributed by atoms with Gasteiger partial charge in [0, 0.05) is 18.7 Å². The van der Waals surface area contributed by atoms with Gasteiger partial charge in [-0.15, -0.1) is 13.2 Å². The molecule has 1 N–H and O–H groups in total. The molecule has 0 unspecified atom stereocenters. The number of nitrogens with one attached hydrogen (secondary N) is 1. The number of nitrogens with zero attached hydrogens (tertiary/aromatic N) is 2. The SMILES string of the molecule is C=CCN(CC=C)S(=O)(=O)c1ccc2nc(NC(=O)c3ccc(F)cc3)sc2c1. The first-order valence-electron chi connectivity index (χ1n) is 8.54. The summed E-state index contributed by atoms with van der Waals surface area (Å²) in [5.41, 5.74) is 0.848. The van der Waals surface area contributed by atoms with E-state index >= 15 is 0 Å². The minimum atomic E-state index is -3.73. The van der Waals surface area contributed by atoms with Crippen molar-refractivity contribution in [2.45, 2.75) is 4.90 Å². The van der Waals surface area contributed by atoms with Gasteiger partial charge in [-0.1, -0.05) is 23.5 Å². The summed E-state index contributed by atoms with van der Waals surface area (Å²) >= 11 is 1.15. The van der Waals surface area contributed by atoms with Crippen molar-refractivity contribution in [1.29, 1.82) is 0 Å². The first-order valence-corrected chi connectivity index (χ1v) is 10.8. The molecule has 9 heteroatoms. The van der Waals surface area contributed by atoms with Gasteiger partial charge in [-0.05, 0) is 42.5 Å². The van der Waals surface area contributed by atoms with Crippen LogP contribution in [0.5, 0.6) is 0 Å². The number of benzene rings is 2. The zero-order valence-corrected chi connectivity index (χ0v) is 17.0. The summed E-state index contributed by atoms with van der Waals surface area (Å²) in [4.78, 5) is 16.7. The normalized spacial score (nSPS) is 11.5. The highest BCUT2D eigenvalue weighted by Crippen LogP contribution is 2.29. The molecule has 0 aliphatic carbocycles. The monoisotopic (exact) mass is 431 g/mol. The Kier molecular flexibility index (Phi) is 6.21. The Bertz CT molecular complexity index is 1160. The van der Waals surface area contributed by atoms with E-state index in [0.717, 1.165) is 11.3 Å². The number of fused-ring (bicyclic) bond motifs is 1. The van der Waals surface area contributed by atoms with Crippen LogP contribution < -0.4 is 5.32 Å². The lowest BCUT2D eigenvalue weighted by Gasteiger charge is -2.18. The molecule has 29 heavy (non-hydrogen) atoms. The molecule has 6 nitrogen and oxygen atoms in total. The molecule has 0 aliphatic rings. The van der Waals surface area contributed by atoms with E-state index in [2.05, 4.69) is 23.5 Å². The Balaban J connectivity index is 1.87. The van der Waals surface area contributed by atoms with Crippen LogP contribution >= 0.6 is 11.3 Å². The van der Waals surface area contributed by atoms with Gasteiger partial charge in [-0.3, -0.25) is 10.1 Å². The number of thiazole rings is 1. The van der Waals surface area contributed by atoms with E-state index < -0.39 is 21.7 Å². The Morgan fingerprint density at radius 3 is 2.41 bits per heavy atom. The van der Waals surface area contributed by atoms with Crippen LogP contribution in [0.15, 0.2) is 72.7 Å². The van der Waals surface area contributed by atoms with Gasteiger partial charge in [0.25, 0.3) is 5.91 Å². The lowest BCUT2D eigenvalue weighted by molar-refractivity contribution is 0.102. The molecule has 1 heterocycles. The molecule has 3 aromatic rings. The van der Waals surface area contributed by atoms with E-state index in [9.17, 15) is 17.6 Å². The van der Waals surface area contributed by atoms with E-state index in [1.807, 2.05) is 0 Å². The summed E-state index contributed by atoms with van der Waals surface area (Å²) in [6, 6.07) is 9.72. The number of aromatic nitrogens is 1. The van der Waals surface area contributed by atoms with Gasteiger partial charge >= 0.3 is 0 Å². The third kappa shape index (κ3) is 4.58. The Labute approximate surface area is 172 Å². The average Bonchev–Trinajstić information content (AvgIpc) is 3.09. The summed E-state index contributed by atoms with van der Waals surface area (Å²) in [6.45, 7) is 7.50. The fraction of sp³-hybridized carbons (Fsp3) is 0.100. The molecule has 0 atom stereocenters. The molecule has 3 rings (SSSR count). The maximum absolute atomic E-state index is 13.0. The Morgan fingerprint density at radius 1 is 1.14 bits per heavy atom. The fourth-order valence-corrected chi connectivity index (χ4v) is 4.98. The number of hydrogen-bond donors (Lipinski definition) is 1. The largest absolute Gasteiger partial charge is 0.298 e. The second-order valence-electron chi connectivity index (χ2n) is 6.01. The van der Waals surface area contributed by atoms with Gasteiger partial charge in [0.2, 0.25) is 10.0 Å². The fourth-order valence-electron chi connectivity index (χ4n) is 2.60. The second-order valence-corrected chi connectivity index (χ2v) is 8.98. The molecule has 1 amide bonds. The second kappa shape index (κ2) is 8.64. The predicted molar refractivity (Wildman–Crippen MR) is 113 cm³/mol. The first kappa shape index (κ1) is 20.8. The number of anilines is 1. The van der Waals surface area contributed by atoms with E-state index in [1.165, 1.54) is 52.9 Å². The Hall–Kier alpha value is -2.88. The molecule has 0 spiro atoms. The number of carbonyl (C=O) groups excluding carboxylic acids is 1. The third-order valence-electron chi connectivity index (χ3n) is 3.99. The van der Waals surface area contributed by atoms with Gasteiger partial charge in [0.05, 0.1) is 15.1 Å². The average molecular weight is 432 g/mol. The number of sulfonamides is 1. The highest BCUT2D eigenvalue weighted by Gasteiger charge is 2.23. The van der Waals surface area contributed by atoms with Crippen LogP contribution in [0.2, 0.25) is 0 Å². The minimum Gasteiger partial charge on any atom is -0.298 e. The first-order chi connectivity index (χ1) is 13.8. The van der Waals surface area contributed by atoms with Crippen LogP contribution in [-0.2, 0) is 10.0 Å². The lowest BCUT2D eigenvalue weighted by Crippen LogP contribution is -2.31. The van der Waals surface area contributed by atoms with Crippen LogP contribution in [0, 0.1) is 5.82 Å². The van der Waals surface area contributed by atoms with E-state index in [0.29, 0.717) is 20.9 Å². The lowest BCUT2D eigenvalue weighted by atomic mass is 10.2. The van der Waals surface area contributed by atoms with Crippen molar-refractivity contribution in [2.24, 2.45) is 0 Å². The van der Waals surface area contributed by atoms with E-state index in [4.69, 9.17) is 0 Å². The number of halogens is 1. The number of amides is 1. The maximum Gasteiger partial charge on any atom is 0.257 e. The predicted octanol–water partition coefficient (Wildman–Crippen LogP) is 4.05. The van der Waals surface area contributed by atoms with Crippen molar-refractivity contribution in [3.63, 3.8) is 0 Å². The molecule has 0 saturated heterocycles. The molecule has 1 aromatic heterocycles. The summed E-state index contributed by atoms with van der Waals surface area (Å²) in [5, 5.41) is 2.97. The highest BCUT2D eigenvalue weighted by atomic mass is 32.2. The minimum absolute atomic E-state index is 0.119. The Morgan fingerprint density at radius 2 is 1.79 bits per heavy atom. The van der Waals surface area contributed by atoms with Crippen LogP contribution in [0.25, 0.3) is 10.2 Å². The zero-order valence-electron chi connectivity index (χ0n) is 15.3. The van der Waals surface area contributed by atoms with Gasteiger partial charge < -0.3 is 0 Å². The number of rotatable bonds is 8. The molecular weight excluding hydrogens is 413 g/mol. The van der Waals surface area contributed by atoms with Gasteiger partial charge in [-0.2, -0.15) is 4.31 Å². The van der Waals surface area contributed by atoms with Crippen molar-refractivity contribution in [1.82, 2.24) is 9.29 Å².